The smallest absolute Gasteiger partial charge is 0.0214 e. The van der Waals surface area contributed by atoms with Gasteiger partial charge in [-0.25, -0.2) is 0 Å². The fourth-order valence-corrected chi connectivity index (χ4v) is 4.38. The molecule has 2 aromatic carbocycles. The van der Waals surface area contributed by atoms with E-state index in [1.807, 2.05) is 7.05 Å². The van der Waals surface area contributed by atoms with Crippen LogP contribution in [-0.4, -0.2) is 13.6 Å². The summed E-state index contributed by atoms with van der Waals surface area (Å²) in [5, 5.41) is 3.31. The van der Waals surface area contributed by atoms with Gasteiger partial charge < -0.3 is 5.32 Å². The highest BCUT2D eigenvalue weighted by atomic mass is 14.8. The van der Waals surface area contributed by atoms with Crippen molar-refractivity contribution in [1.29, 1.82) is 0 Å². The Morgan fingerprint density at radius 3 is 2.23 bits per heavy atom. The third-order valence-corrected chi connectivity index (χ3v) is 5.27. The predicted molar refractivity (Wildman–Crippen MR) is 94.5 cm³/mol. The van der Waals surface area contributed by atoms with Crippen molar-refractivity contribution in [2.45, 2.75) is 43.9 Å². The van der Waals surface area contributed by atoms with E-state index in [0.717, 1.165) is 6.54 Å². The molecule has 1 heteroatoms. The van der Waals surface area contributed by atoms with Gasteiger partial charge in [-0.3, -0.25) is 0 Å². The number of rotatable bonds is 5. The van der Waals surface area contributed by atoms with E-state index in [2.05, 4.69) is 73.8 Å². The first-order valence-electron chi connectivity index (χ1n) is 8.40. The molecule has 0 fully saturated rings. The van der Waals surface area contributed by atoms with Crippen LogP contribution < -0.4 is 5.32 Å². The molecular weight excluding hydrogens is 266 g/mol. The first-order chi connectivity index (χ1) is 10.6. The van der Waals surface area contributed by atoms with E-state index in [1.165, 1.54) is 30.4 Å². The Balaban J connectivity index is 2.12. The Hall–Kier alpha value is -1.60. The summed E-state index contributed by atoms with van der Waals surface area (Å²) in [6.45, 7) is 5.88. The van der Waals surface area contributed by atoms with Gasteiger partial charge in [-0.15, -0.1) is 0 Å². The zero-order valence-electron chi connectivity index (χ0n) is 14.0. The van der Waals surface area contributed by atoms with E-state index in [1.54, 1.807) is 5.56 Å². The van der Waals surface area contributed by atoms with Crippen molar-refractivity contribution in [1.82, 2.24) is 5.32 Å². The highest BCUT2D eigenvalue weighted by Crippen LogP contribution is 2.54. The van der Waals surface area contributed by atoms with Crippen LogP contribution >= 0.6 is 0 Å². The second-order valence-electron chi connectivity index (χ2n) is 7.26. The average molecular weight is 293 g/mol. The summed E-state index contributed by atoms with van der Waals surface area (Å²) in [7, 11) is 2.04. The molecule has 0 spiro atoms. The Morgan fingerprint density at radius 2 is 1.55 bits per heavy atom. The fraction of sp³-hybridized carbons (Fsp3) is 0.429. The number of fused-ring (bicyclic) bond motifs is 1. The molecule has 3 rings (SSSR count). The maximum atomic E-state index is 3.31. The van der Waals surface area contributed by atoms with Crippen LogP contribution in [0.3, 0.4) is 0 Å². The van der Waals surface area contributed by atoms with Crippen LogP contribution in [0, 0.1) is 0 Å². The summed E-state index contributed by atoms with van der Waals surface area (Å²) in [6.07, 6.45) is 3.61. The molecule has 116 valence electrons. The maximum Gasteiger partial charge on any atom is 0.0214 e. The first-order valence-corrected chi connectivity index (χ1v) is 8.40. The zero-order valence-corrected chi connectivity index (χ0v) is 14.0. The van der Waals surface area contributed by atoms with Crippen molar-refractivity contribution >= 4 is 0 Å². The van der Waals surface area contributed by atoms with Crippen LogP contribution in [0.4, 0.5) is 0 Å². The monoisotopic (exact) mass is 293 g/mol. The van der Waals surface area contributed by atoms with E-state index in [4.69, 9.17) is 0 Å². The van der Waals surface area contributed by atoms with Gasteiger partial charge in [0.05, 0.1) is 0 Å². The van der Waals surface area contributed by atoms with Crippen LogP contribution in [-0.2, 0) is 10.8 Å². The lowest BCUT2D eigenvalue weighted by Gasteiger charge is -2.33. The molecule has 0 saturated heterocycles. The van der Waals surface area contributed by atoms with E-state index in [9.17, 15) is 0 Å². The molecule has 2 aromatic rings. The molecule has 0 aromatic heterocycles. The van der Waals surface area contributed by atoms with Gasteiger partial charge in [0.1, 0.15) is 0 Å². The van der Waals surface area contributed by atoms with Crippen molar-refractivity contribution in [2.24, 2.45) is 0 Å². The lowest BCUT2D eigenvalue weighted by molar-refractivity contribution is 0.371. The van der Waals surface area contributed by atoms with Gasteiger partial charge >= 0.3 is 0 Å². The maximum absolute atomic E-state index is 3.31. The Kier molecular flexibility index (Phi) is 4.10. The minimum Gasteiger partial charge on any atom is -0.320 e. The van der Waals surface area contributed by atoms with Crippen LogP contribution in [0.15, 0.2) is 54.6 Å². The molecule has 1 N–H and O–H groups in total. The van der Waals surface area contributed by atoms with Crippen LogP contribution in [0.5, 0.6) is 0 Å². The fourth-order valence-electron chi connectivity index (χ4n) is 4.38. The molecule has 1 aliphatic carbocycles. The topological polar surface area (TPSA) is 12.0 Å². The van der Waals surface area contributed by atoms with Gasteiger partial charge in [-0.2, -0.15) is 0 Å². The molecule has 1 unspecified atom stereocenters. The first kappa shape index (κ1) is 15.3. The average Bonchev–Trinajstić information content (AvgIpc) is 2.78. The van der Waals surface area contributed by atoms with Gasteiger partial charge in [-0.1, -0.05) is 68.4 Å². The molecule has 0 amide bonds. The van der Waals surface area contributed by atoms with Crippen molar-refractivity contribution < 1.29 is 0 Å². The molecule has 22 heavy (non-hydrogen) atoms. The highest BCUT2D eigenvalue weighted by Gasteiger charge is 2.47. The van der Waals surface area contributed by atoms with Crippen molar-refractivity contribution in [3.8, 4) is 0 Å². The SMILES string of the molecule is CNCCCC1(c2ccccc2)CC(C)(C)c2ccccc21. The lowest BCUT2D eigenvalue weighted by atomic mass is 9.70. The molecule has 0 radical (unpaired) electrons. The number of hydrogen-bond donors (Lipinski definition) is 1. The van der Waals surface area contributed by atoms with Crippen molar-refractivity contribution in [2.75, 3.05) is 13.6 Å². The van der Waals surface area contributed by atoms with Crippen LogP contribution in [0.2, 0.25) is 0 Å². The molecule has 0 heterocycles. The van der Waals surface area contributed by atoms with Gasteiger partial charge in [0, 0.05) is 5.41 Å². The van der Waals surface area contributed by atoms with Crippen molar-refractivity contribution in [3.05, 3.63) is 71.3 Å². The number of hydrogen-bond acceptors (Lipinski definition) is 1. The molecule has 0 aliphatic heterocycles. The number of benzene rings is 2. The minimum absolute atomic E-state index is 0.165. The summed E-state index contributed by atoms with van der Waals surface area (Å²) in [5.41, 5.74) is 4.96. The molecule has 0 bridgehead atoms. The second kappa shape index (κ2) is 5.89. The Labute approximate surface area is 134 Å². The van der Waals surface area contributed by atoms with Gasteiger partial charge in [0.25, 0.3) is 0 Å². The normalized spacial score (nSPS) is 22.5. The van der Waals surface area contributed by atoms with Crippen LogP contribution in [0.1, 0.15) is 49.8 Å². The third kappa shape index (κ3) is 2.48. The summed E-state index contributed by atoms with van der Waals surface area (Å²) < 4.78 is 0. The summed E-state index contributed by atoms with van der Waals surface area (Å²) in [4.78, 5) is 0. The van der Waals surface area contributed by atoms with E-state index < -0.39 is 0 Å². The van der Waals surface area contributed by atoms with E-state index in [0.29, 0.717) is 0 Å². The van der Waals surface area contributed by atoms with Crippen LogP contribution in [0.25, 0.3) is 0 Å². The van der Waals surface area contributed by atoms with E-state index >= 15 is 0 Å². The van der Waals surface area contributed by atoms with Gasteiger partial charge in [0.2, 0.25) is 0 Å². The zero-order chi connectivity index (χ0) is 15.6. The largest absolute Gasteiger partial charge is 0.320 e. The molecule has 1 aliphatic rings. The quantitative estimate of drug-likeness (QED) is 0.791. The highest BCUT2D eigenvalue weighted by molar-refractivity contribution is 5.52. The summed E-state index contributed by atoms with van der Waals surface area (Å²) in [5.74, 6) is 0. The standard InChI is InChI=1S/C21H27N/c1-20(2)16-21(14-9-15-22-3,17-10-5-4-6-11-17)19-13-8-7-12-18(19)20/h4-8,10-13,22H,9,14-16H2,1-3H3. The van der Waals surface area contributed by atoms with Crippen molar-refractivity contribution in [3.63, 3.8) is 0 Å². The Morgan fingerprint density at radius 1 is 0.909 bits per heavy atom. The minimum atomic E-state index is 0.165. The molecular formula is C21H27N. The molecule has 1 atom stereocenters. The Bertz CT molecular complexity index is 629. The third-order valence-electron chi connectivity index (χ3n) is 5.27. The summed E-state index contributed by atoms with van der Waals surface area (Å²) >= 11 is 0. The predicted octanol–water partition coefficient (Wildman–Crippen LogP) is 4.65. The van der Waals surface area contributed by atoms with Gasteiger partial charge in [-0.05, 0) is 55.0 Å². The van der Waals surface area contributed by atoms with Gasteiger partial charge in [0.15, 0.2) is 0 Å². The molecule has 1 nitrogen and oxygen atoms in total. The summed E-state index contributed by atoms with van der Waals surface area (Å²) in [6, 6.07) is 20.2. The molecule has 0 saturated carbocycles. The van der Waals surface area contributed by atoms with E-state index in [-0.39, 0.29) is 10.8 Å². The second-order valence-corrected chi connectivity index (χ2v) is 7.26. The number of nitrogens with one attached hydrogen (secondary N) is 1. The lowest BCUT2D eigenvalue weighted by Crippen LogP contribution is -2.28.